The fourth-order valence-electron chi connectivity index (χ4n) is 3.57. The first kappa shape index (κ1) is 22.0. The van der Waals surface area contributed by atoms with Crippen molar-refractivity contribution >= 4 is 22.8 Å². The number of rotatable bonds is 7. The van der Waals surface area contributed by atoms with Crippen molar-refractivity contribution in [1.82, 2.24) is 20.4 Å². The van der Waals surface area contributed by atoms with Crippen molar-refractivity contribution in [3.63, 3.8) is 0 Å². The number of carbonyl (C=O) groups excluding carboxylic acids is 1. The Balaban J connectivity index is 1.49. The van der Waals surface area contributed by atoms with Crippen molar-refractivity contribution in [2.24, 2.45) is 4.99 Å². The van der Waals surface area contributed by atoms with Crippen LogP contribution in [0.15, 0.2) is 27.6 Å². The van der Waals surface area contributed by atoms with Gasteiger partial charge in [0.25, 0.3) is 0 Å². The van der Waals surface area contributed by atoms with Crippen LogP contribution >= 0.6 is 0 Å². The minimum atomic E-state index is -0.271. The van der Waals surface area contributed by atoms with Crippen LogP contribution in [-0.4, -0.2) is 81.7 Å². The zero-order chi connectivity index (χ0) is 21.5. The molecule has 0 unspecified atom stereocenters. The predicted molar refractivity (Wildman–Crippen MR) is 114 cm³/mol. The van der Waals surface area contributed by atoms with Crippen LogP contribution in [0.4, 0.5) is 4.39 Å². The Kier molecular flexibility index (Phi) is 7.64. The highest BCUT2D eigenvalue weighted by Crippen LogP contribution is 2.25. The van der Waals surface area contributed by atoms with Gasteiger partial charge in [0.05, 0.1) is 19.7 Å². The molecule has 8 nitrogen and oxygen atoms in total. The van der Waals surface area contributed by atoms with Crippen LogP contribution in [-0.2, 0) is 16.1 Å². The van der Waals surface area contributed by atoms with Gasteiger partial charge in [0.2, 0.25) is 5.91 Å². The Morgan fingerprint density at radius 1 is 1.27 bits per heavy atom. The third kappa shape index (κ3) is 5.48. The molecule has 2 heterocycles. The SMILES string of the molecule is CN=C(NCc1oc2ccc(F)cc2c1C)N1CCN(CC(=O)NCCOC)CC1. The lowest BCUT2D eigenvalue weighted by molar-refractivity contribution is -0.122. The van der Waals surface area contributed by atoms with Crippen LogP contribution in [0.5, 0.6) is 0 Å². The highest BCUT2D eigenvalue weighted by atomic mass is 19.1. The summed E-state index contributed by atoms with van der Waals surface area (Å²) < 4.78 is 24.3. The number of benzene rings is 1. The smallest absolute Gasteiger partial charge is 0.234 e. The number of halogens is 1. The number of ether oxygens (including phenoxy) is 1. The average Bonchev–Trinajstić information content (AvgIpc) is 3.05. The van der Waals surface area contributed by atoms with Crippen molar-refractivity contribution in [2.75, 3.05) is 60.0 Å². The standard InChI is InChI=1S/C21H30FN5O3/c1-15-17-12-16(22)4-5-18(17)30-19(15)13-25-21(23-2)27-9-7-26(8-10-27)14-20(28)24-6-11-29-3/h4-5,12H,6-11,13-14H2,1-3H3,(H,23,25)(H,24,28). The zero-order valence-electron chi connectivity index (χ0n) is 17.8. The fraction of sp³-hybridized carbons (Fsp3) is 0.524. The first-order valence-corrected chi connectivity index (χ1v) is 10.1. The second-order valence-corrected chi connectivity index (χ2v) is 7.30. The number of guanidine groups is 1. The Hall–Kier alpha value is -2.65. The molecule has 1 saturated heterocycles. The van der Waals surface area contributed by atoms with Gasteiger partial charge in [0, 0.05) is 57.8 Å². The Morgan fingerprint density at radius 2 is 2.03 bits per heavy atom. The van der Waals surface area contributed by atoms with Crippen LogP contribution in [0.2, 0.25) is 0 Å². The highest BCUT2D eigenvalue weighted by molar-refractivity contribution is 5.83. The molecule has 30 heavy (non-hydrogen) atoms. The van der Waals surface area contributed by atoms with E-state index in [4.69, 9.17) is 9.15 Å². The van der Waals surface area contributed by atoms with Crippen molar-refractivity contribution in [2.45, 2.75) is 13.5 Å². The molecule has 1 amide bonds. The van der Waals surface area contributed by atoms with E-state index in [9.17, 15) is 9.18 Å². The Labute approximate surface area is 176 Å². The molecule has 0 aliphatic carbocycles. The van der Waals surface area contributed by atoms with Crippen LogP contribution in [0.3, 0.4) is 0 Å². The lowest BCUT2D eigenvalue weighted by Crippen LogP contribution is -2.54. The molecule has 9 heteroatoms. The maximum absolute atomic E-state index is 13.5. The molecule has 1 aromatic heterocycles. The molecule has 1 aliphatic rings. The number of methoxy groups -OCH3 is 1. The number of fused-ring (bicyclic) bond motifs is 1. The molecule has 1 aliphatic heterocycles. The number of aliphatic imine (C=N–C) groups is 1. The first-order chi connectivity index (χ1) is 14.5. The highest BCUT2D eigenvalue weighted by Gasteiger charge is 2.21. The number of amides is 1. The molecule has 0 radical (unpaired) electrons. The number of furan rings is 1. The number of hydrogen-bond donors (Lipinski definition) is 2. The lowest BCUT2D eigenvalue weighted by atomic mass is 10.1. The number of carbonyl (C=O) groups is 1. The number of nitrogens with one attached hydrogen (secondary N) is 2. The predicted octanol–water partition coefficient (Wildman–Crippen LogP) is 1.34. The monoisotopic (exact) mass is 419 g/mol. The summed E-state index contributed by atoms with van der Waals surface area (Å²) in [6.07, 6.45) is 0. The van der Waals surface area contributed by atoms with E-state index < -0.39 is 0 Å². The maximum Gasteiger partial charge on any atom is 0.234 e. The lowest BCUT2D eigenvalue weighted by Gasteiger charge is -2.36. The van der Waals surface area contributed by atoms with Crippen molar-refractivity contribution < 1.29 is 18.3 Å². The van der Waals surface area contributed by atoms with Gasteiger partial charge >= 0.3 is 0 Å². The molecule has 3 rings (SSSR count). The molecular formula is C21H30FN5O3. The minimum Gasteiger partial charge on any atom is -0.459 e. The number of hydrogen-bond acceptors (Lipinski definition) is 5. The van der Waals surface area contributed by atoms with E-state index in [1.54, 1.807) is 20.2 Å². The summed E-state index contributed by atoms with van der Waals surface area (Å²) in [6.45, 7) is 6.94. The molecule has 0 saturated carbocycles. The molecular weight excluding hydrogens is 389 g/mol. The molecule has 1 aromatic carbocycles. The minimum absolute atomic E-state index is 0.0137. The maximum atomic E-state index is 13.5. The Morgan fingerprint density at radius 3 is 2.73 bits per heavy atom. The van der Waals surface area contributed by atoms with E-state index in [-0.39, 0.29) is 11.7 Å². The van der Waals surface area contributed by atoms with Crippen LogP contribution in [0.1, 0.15) is 11.3 Å². The number of nitrogens with zero attached hydrogens (tertiary/aromatic N) is 3. The van der Waals surface area contributed by atoms with Crippen molar-refractivity contribution in [3.8, 4) is 0 Å². The number of aryl methyl sites for hydroxylation is 1. The topological polar surface area (TPSA) is 82.3 Å². The molecule has 0 spiro atoms. The van der Waals surface area contributed by atoms with Gasteiger partial charge in [0.15, 0.2) is 5.96 Å². The van der Waals surface area contributed by atoms with E-state index in [1.165, 1.54) is 12.1 Å². The summed E-state index contributed by atoms with van der Waals surface area (Å²) in [5.74, 6) is 1.29. The van der Waals surface area contributed by atoms with E-state index >= 15 is 0 Å². The Bertz CT molecular complexity index is 890. The van der Waals surface area contributed by atoms with Gasteiger partial charge in [-0.3, -0.25) is 14.7 Å². The van der Waals surface area contributed by atoms with E-state index in [0.29, 0.717) is 31.8 Å². The molecule has 1 fully saturated rings. The van der Waals surface area contributed by atoms with Crippen LogP contribution < -0.4 is 10.6 Å². The van der Waals surface area contributed by atoms with E-state index in [2.05, 4.69) is 25.4 Å². The van der Waals surface area contributed by atoms with Crippen molar-refractivity contribution in [1.29, 1.82) is 0 Å². The second kappa shape index (κ2) is 10.4. The molecule has 2 N–H and O–H groups in total. The van der Waals surface area contributed by atoms with Gasteiger partial charge in [-0.1, -0.05) is 0 Å². The summed E-state index contributed by atoms with van der Waals surface area (Å²) in [7, 11) is 3.36. The summed E-state index contributed by atoms with van der Waals surface area (Å²) >= 11 is 0. The van der Waals surface area contributed by atoms with E-state index in [0.717, 1.165) is 48.8 Å². The first-order valence-electron chi connectivity index (χ1n) is 10.1. The normalized spacial score (nSPS) is 15.6. The molecule has 0 bridgehead atoms. The fourth-order valence-corrected chi connectivity index (χ4v) is 3.57. The van der Waals surface area contributed by atoms with Crippen LogP contribution in [0, 0.1) is 12.7 Å². The van der Waals surface area contributed by atoms with Gasteiger partial charge in [-0.15, -0.1) is 0 Å². The molecule has 0 atom stereocenters. The zero-order valence-corrected chi connectivity index (χ0v) is 17.8. The van der Waals surface area contributed by atoms with Crippen LogP contribution in [0.25, 0.3) is 11.0 Å². The quantitative estimate of drug-likeness (QED) is 0.400. The van der Waals surface area contributed by atoms with Gasteiger partial charge in [-0.05, 0) is 25.1 Å². The largest absolute Gasteiger partial charge is 0.459 e. The van der Waals surface area contributed by atoms with Crippen molar-refractivity contribution in [3.05, 3.63) is 35.3 Å². The molecule has 164 valence electrons. The average molecular weight is 420 g/mol. The summed E-state index contributed by atoms with van der Waals surface area (Å²) in [4.78, 5) is 20.6. The summed E-state index contributed by atoms with van der Waals surface area (Å²) in [5.41, 5.74) is 1.61. The third-order valence-electron chi connectivity index (χ3n) is 5.28. The second-order valence-electron chi connectivity index (χ2n) is 7.30. The third-order valence-corrected chi connectivity index (χ3v) is 5.28. The number of piperazine rings is 1. The summed E-state index contributed by atoms with van der Waals surface area (Å²) in [5, 5.41) is 6.97. The van der Waals surface area contributed by atoms with Gasteiger partial charge in [0.1, 0.15) is 17.2 Å². The molecule has 2 aromatic rings. The van der Waals surface area contributed by atoms with E-state index in [1.807, 2.05) is 6.92 Å². The van der Waals surface area contributed by atoms with Gasteiger partial charge < -0.3 is 24.7 Å². The van der Waals surface area contributed by atoms with Gasteiger partial charge in [-0.25, -0.2) is 4.39 Å². The summed E-state index contributed by atoms with van der Waals surface area (Å²) in [6, 6.07) is 4.55. The van der Waals surface area contributed by atoms with Gasteiger partial charge in [-0.2, -0.15) is 0 Å².